The molecule has 1 rings (SSSR count). The SMILES string of the molecule is CC(C)C[C@@H](N)C(=O)NC1CNC(=O)C1. The smallest absolute Gasteiger partial charge is 0.237 e. The fourth-order valence-corrected chi connectivity index (χ4v) is 1.63. The van der Waals surface area contributed by atoms with E-state index in [1.807, 2.05) is 13.8 Å². The van der Waals surface area contributed by atoms with E-state index in [4.69, 9.17) is 5.73 Å². The minimum absolute atomic E-state index is 0.0160. The summed E-state index contributed by atoms with van der Waals surface area (Å²) in [5.41, 5.74) is 5.71. The maximum Gasteiger partial charge on any atom is 0.237 e. The number of hydrogen-bond donors (Lipinski definition) is 3. The molecule has 5 heteroatoms. The Labute approximate surface area is 89.8 Å². The Morgan fingerprint density at radius 2 is 2.33 bits per heavy atom. The Bertz CT molecular complexity index is 253. The number of carbonyl (C=O) groups is 2. The number of hydrogen-bond acceptors (Lipinski definition) is 3. The summed E-state index contributed by atoms with van der Waals surface area (Å²) in [5.74, 6) is 0.219. The summed E-state index contributed by atoms with van der Waals surface area (Å²) in [6.45, 7) is 4.56. The third-order valence-electron chi connectivity index (χ3n) is 2.39. The van der Waals surface area contributed by atoms with Crippen molar-refractivity contribution in [3.8, 4) is 0 Å². The predicted molar refractivity (Wildman–Crippen MR) is 57.0 cm³/mol. The highest BCUT2D eigenvalue weighted by Crippen LogP contribution is 2.04. The number of carbonyl (C=O) groups excluding carboxylic acids is 2. The van der Waals surface area contributed by atoms with Crippen molar-refractivity contribution in [3.05, 3.63) is 0 Å². The van der Waals surface area contributed by atoms with Gasteiger partial charge in [-0.25, -0.2) is 0 Å². The second-order valence-electron chi connectivity index (χ2n) is 4.45. The average molecular weight is 213 g/mol. The summed E-state index contributed by atoms with van der Waals surface area (Å²) in [6, 6.07) is -0.566. The normalized spacial score (nSPS) is 22.7. The van der Waals surface area contributed by atoms with Crippen LogP contribution in [0.25, 0.3) is 0 Å². The molecule has 0 aromatic rings. The molecule has 1 aliphatic rings. The molecule has 1 heterocycles. The quantitative estimate of drug-likeness (QED) is 0.581. The van der Waals surface area contributed by atoms with Crippen LogP contribution in [0.2, 0.25) is 0 Å². The molecule has 15 heavy (non-hydrogen) atoms. The molecule has 2 atom stereocenters. The lowest BCUT2D eigenvalue weighted by atomic mass is 10.0. The zero-order chi connectivity index (χ0) is 11.4. The van der Waals surface area contributed by atoms with E-state index in [1.54, 1.807) is 0 Å². The average Bonchev–Trinajstić information content (AvgIpc) is 2.50. The monoisotopic (exact) mass is 213 g/mol. The van der Waals surface area contributed by atoms with Crippen molar-refractivity contribution in [2.75, 3.05) is 6.54 Å². The molecule has 1 unspecified atom stereocenters. The fourth-order valence-electron chi connectivity index (χ4n) is 1.63. The highest BCUT2D eigenvalue weighted by molar-refractivity contribution is 5.84. The van der Waals surface area contributed by atoms with Gasteiger partial charge in [0.2, 0.25) is 11.8 Å². The van der Waals surface area contributed by atoms with Gasteiger partial charge in [-0.2, -0.15) is 0 Å². The first kappa shape index (κ1) is 12.0. The van der Waals surface area contributed by atoms with Gasteiger partial charge in [0.05, 0.1) is 12.1 Å². The van der Waals surface area contributed by atoms with Gasteiger partial charge in [-0.1, -0.05) is 13.8 Å². The minimum atomic E-state index is -0.472. The summed E-state index contributed by atoms with van der Waals surface area (Å²) in [4.78, 5) is 22.5. The lowest BCUT2D eigenvalue weighted by Gasteiger charge is -2.16. The number of nitrogens with two attached hydrogens (primary N) is 1. The standard InChI is InChI=1S/C10H19N3O2/c1-6(2)3-8(11)10(15)13-7-4-9(14)12-5-7/h6-8H,3-5,11H2,1-2H3,(H,12,14)(H,13,15)/t7?,8-/m1/s1. The molecule has 0 aromatic carbocycles. The molecule has 0 aromatic heterocycles. The molecule has 0 saturated carbocycles. The first-order chi connectivity index (χ1) is 6.99. The van der Waals surface area contributed by atoms with Crippen molar-refractivity contribution in [1.82, 2.24) is 10.6 Å². The number of rotatable bonds is 4. The zero-order valence-electron chi connectivity index (χ0n) is 9.25. The van der Waals surface area contributed by atoms with E-state index < -0.39 is 6.04 Å². The third-order valence-corrected chi connectivity index (χ3v) is 2.39. The summed E-state index contributed by atoms with van der Waals surface area (Å²) in [6.07, 6.45) is 1.03. The van der Waals surface area contributed by atoms with Gasteiger partial charge in [0, 0.05) is 13.0 Å². The van der Waals surface area contributed by atoms with Crippen molar-refractivity contribution in [2.24, 2.45) is 11.7 Å². The third kappa shape index (κ3) is 3.87. The Morgan fingerprint density at radius 3 is 2.80 bits per heavy atom. The molecule has 86 valence electrons. The topological polar surface area (TPSA) is 84.2 Å². The van der Waals surface area contributed by atoms with Crippen molar-refractivity contribution >= 4 is 11.8 Å². The fraction of sp³-hybridized carbons (Fsp3) is 0.800. The van der Waals surface area contributed by atoms with Crippen LogP contribution in [-0.4, -0.2) is 30.4 Å². The van der Waals surface area contributed by atoms with Crippen molar-refractivity contribution in [1.29, 1.82) is 0 Å². The Morgan fingerprint density at radius 1 is 1.67 bits per heavy atom. The van der Waals surface area contributed by atoms with Gasteiger partial charge in [-0.3, -0.25) is 9.59 Å². The number of amides is 2. The molecule has 0 radical (unpaired) electrons. The van der Waals surface area contributed by atoms with Gasteiger partial charge >= 0.3 is 0 Å². The second kappa shape index (κ2) is 5.11. The molecule has 4 N–H and O–H groups in total. The molecule has 0 spiro atoms. The minimum Gasteiger partial charge on any atom is -0.354 e. The Balaban J connectivity index is 2.31. The van der Waals surface area contributed by atoms with E-state index in [9.17, 15) is 9.59 Å². The summed E-state index contributed by atoms with van der Waals surface area (Å²) in [7, 11) is 0. The van der Waals surface area contributed by atoms with E-state index in [0.29, 0.717) is 25.3 Å². The van der Waals surface area contributed by atoms with Crippen LogP contribution >= 0.6 is 0 Å². The first-order valence-electron chi connectivity index (χ1n) is 5.31. The molecule has 1 fully saturated rings. The Hall–Kier alpha value is -1.10. The molecular formula is C10H19N3O2. The van der Waals surface area contributed by atoms with Crippen molar-refractivity contribution in [3.63, 3.8) is 0 Å². The van der Waals surface area contributed by atoms with Crippen molar-refractivity contribution in [2.45, 2.75) is 38.8 Å². The summed E-state index contributed by atoms with van der Waals surface area (Å²) >= 11 is 0. The predicted octanol–water partition coefficient (Wildman–Crippen LogP) is -0.635. The zero-order valence-corrected chi connectivity index (χ0v) is 9.25. The molecular weight excluding hydrogens is 194 g/mol. The maximum atomic E-state index is 11.6. The van der Waals surface area contributed by atoms with Crippen molar-refractivity contribution < 1.29 is 9.59 Å². The van der Waals surface area contributed by atoms with Gasteiger partial charge in [0.15, 0.2) is 0 Å². The van der Waals surface area contributed by atoms with Crippen LogP contribution in [0.5, 0.6) is 0 Å². The first-order valence-corrected chi connectivity index (χ1v) is 5.31. The molecule has 1 aliphatic heterocycles. The van der Waals surface area contributed by atoms with Gasteiger partial charge < -0.3 is 16.4 Å². The molecule has 0 bridgehead atoms. The van der Waals surface area contributed by atoms with Crippen LogP contribution < -0.4 is 16.4 Å². The van der Waals surface area contributed by atoms with Gasteiger partial charge in [-0.05, 0) is 12.3 Å². The molecule has 2 amide bonds. The van der Waals surface area contributed by atoms with Crippen LogP contribution in [0.3, 0.4) is 0 Å². The van der Waals surface area contributed by atoms with Crippen LogP contribution in [0.4, 0.5) is 0 Å². The summed E-state index contributed by atoms with van der Waals surface area (Å²) in [5, 5.41) is 5.43. The molecule has 0 aliphatic carbocycles. The van der Waals surface area contributed by atoms with Crippen LogP contribution in [0, 0.1) is 5.92 Å². The van der Waals surface area contributed by atoms with Crippen LogP contribution in [-0.2, 0) is 9.59 Å². The molecule has 1 saturated heterocycles. The highest BCUT2D eigenvalue weighted by Gasteiger charge is 2.25. The summed E-state index contributed by atoms with van der Waals surface area (Å²) < 4.78 is 0. The van der Waals surface area contributed by atoms with Crippen LogP contribution in [0.15, 0.2) is 0 Å². The van der Waals surface area contributed by atoms with E-state index in [-0.39, 0.29) is 17.9 Å². The maximum absolute atomic E-state index is 11.6. The number of nitrogens with one attached hydrogen (secondary N) is 2. The molecule has 5 nitrogen and oxygen atoms in total. The van der Waals surface area contributed by atoms with E-state index >= 15 is 0 Å². The van der Waals surface area contributed by atoms with E-state index in [2.05, 4.69) is 10.6 Å². The van der Waals surface area contributed by atoms with Gasteiger partial charge in [0.1, 0.15) is 0 Å². The van der Waals surface area contributed by atoms with Gasteiger partial charge in [0.25, 0.3) is 0 Å². The second-order valence-corrected chi connectivity index (χ2v) is 4.45. The highest BCUT2D eigenvalue weighted by atomic mass is 16.2. The van der Waals surface area contributed by atoms with E-state index in [1.165, 1.54) is 0 Å². The lowest BCUT2D eigenvalue weighted by molar-refractivity contribution is -0.123. The van der Waals surface area contributed by atoms with E-state index in [0.717, 1.165) is 0 Å². The lowest BCUT2D eigenvalue weighted by Crippen LogP contribution is -2.46. The van der Waals surface area contributed by atoms with Crippen LogP contribution in [0.1, 0.15) is 26.7 Å². The van der Waals surface area contributed by atoms with Gasteiger partial charge in [-0.15, -0.1) is 0 Å². The Kier molecular flexibility index (Phi) is 4.08. The largest absolute Gasteiger partial charge is 0.354 e.